The fraction of sp³-hybridized carbons (Fsp3) is 0.259. The van der Waals surface area contributed by atoms with Crippen molar-refractivity contribution in [1.29, 1.82) is 0 Å². The number of Topliss-reactive ketones (excluding diaryl/α,β-unsaturated/α-hetero) is 1. The monoisotopic (exact) mass is 456 g/mol. The molecule has 7 heteroatoms. The predicted octanol–water partition coefficient (Wildman–Crippen LogP) is 5.67. The van der Waals surface area contributed by atoms with Crippen molar-refractivity contribution in [2.24, 2.45) is 0 Å². The molecule has 0 spiro atoms. The Morgan fingerprint density at radius 3 is 2.65 bits per heavy atom. The van der Waals surface area contributed by atoms with E-state index in [9.17, 15) is 19.7 Å². The van der Waals surface area contributed by atoms with Gasteiger partial charge in [0.05, 0.1) is 17.6 Å². The highest BCUT2D eigenvalue weighted by atomic mass is 16.6. The first kappa shape index (κ1) is 21.8. The summed E-state index contributed by atoms with van der Waals surface area (Å²) < 4.78 is 5.43. The van der Waals surface area contributed by atoms with Crippen LogP contribution in [0.2, 0.25) is 0 Å². The van der Waals surface area contributed by atoms with Crippen molar-refractivity contribution in [3.05, 3.63) is 87.6 Å². The molecule has 172 valence electrons. The average molecular weight is 456 g/mol. The number of benzene rings is 3. The number of rotatable bonds is 5. The Bertz CT molecular complexity index is 1350. The molecule has 3 aromatic rings. The number of ketones is 1. The van der Waals surface area contributed by atoms with Crippen LogP contribution >= 0.6 is 0 Å². The second-order valence-corrected chi connectivity index (χ2v) is 8.53. The van der Waals surface area contributed by atoms with Crippen LogP contribution < -0.4 is 9.64 Å². The number of ether oxygens (including phenoxy) is 1. The van der Waals surface area contributed by atoms with Crippen molar-refractivity contribution >= 4 is 33.8 Å². The number of anilines is 1. The molecule has 2 aliphatic rings. The minimum atomic E-state index is -0.507. The summed E-state index contributed by atoms with van der Waals surface area (Å²) in [6.07, 6.45) is 1.60. The third-order valence-electron chi connectivity index (χ3n) is 6.57. The van der Waals surface area contributed by atoms with E-state index in [-0.39, 0.29) is 35.4 Å². The molecule has 1 heterocycles. The van der Waals surface area contributed by atoms with Gasteiger partial charge >= 0.3 is 0 Å². The molecule has 3 aromatic carbocycles. The molecule has 1 unspecified atom stereocenters. The molecule has 0 aromatic heterocycles. The lowest BCUT2D eigenvalue weighted by Gasteiger charge is -2.38. The number of hydrogen-bond acceptors (Lipinski definition) is 5. The zero-order valence-electron chi connectivity index (χ0n) is 18.8. The Balaban J connectivity index is 1.69. The first-order chi connectivity index (χ1) is 16.5. The number of allylic oxidation sites excluding steroid dienone is 2. The van der Waals surface area contributed by atoms with Crippen molar-refractivity contribution in [2.45, 2.75) is 38.5 Å². The summed E-state index contributed by atoms with van der Waals surface area (Å²) in [6, 6.07) is 18.4. The van der Waals surface area contributed by atoms with Gasteiger partial charge in [-0.15, -0.1) is 0 Å². The third kappa shape index (κ3) is 3.63. The van der Waals surface area contributed by atoms with E-state index in [1.165, 1.54) is 11.0 Å². The molecule has 0 bridgehead atoms. The summed E-state index contributed by atoms with van der Waals surface area (Å²) >= 11 is 0. The molecule has 1 aliphatic carbocycles. The second-order valence-electron chi connectivity index (χ2n) is 8.53. The summed E-state index contributed by atoms with van der Waals surface area (Å²) in [7, 11) is 0. The molecule has 1 amide bonds. The maximum absolute atomic E-state index is 13.6. The number of carbonyl (C=O) groups excluding carboxylic acids is 2. The van der Waals surface area contributed by atoms with Gasteiger partial charge in [0.2, 0.25) is 5.91 Å². The fourth-order valence-electron chi connectivity index (χ4n) is 5.19. The van der Waals surface area contributed by atoms with Crippen molar-refractivity contribution in [3.63, 3.8) is 0 Å². The van der Waals surface area contributed by atoms with Gasteiger partial charge in [-0.2, -0.15) is 0 Å². The highest BCUT2D eigenvalue weighted by Gasteiger charge is 2.42. The van der Waals surface area contributed by atoms with Crippen LogP contribution in [0.25, 0.3) is 10.8 Å². The molecule has 34 heavy (non-hydrogen) atoms. The third-order valence-corrected chi connectivity index (χ3v) is 6.57. The summed E-state index contributed by atoms with van der Waals surface area (Å²) in [6.45, 7) is 2.17. The zero-order valence-corrected chi connectivity index (χ0v) is 18.8. The molecule has 0 saturated carbocycles. The quantitative estimate of drug-likeness (QED) is 0.364. The van der Waals surface area contributed by atoms with Crippen LogP contribution in [-0.2, 0) is 9.59 Å². The number of nitro groups is 1. The van der Waals surface area contributed by atoms with E-state index in [1.54, 1.807) is 19.1 Å². The highest BCUT2D eigenvalue weighted by molar-refractivity contribution is 6.09. The van der Waals surface area contributed by atoms with Gasteiger partial charge in [0.15, 0.2) is 5.78 Å². The van der Waals surface area contributed by atoms with Crippen LogP contribution in [0.15, 0.2) is 71.9 Å². The Morgan fingerprint density at radius 2 is 1.85 bits per heavy atom. The topological polar surface area (TPSA) is 89.8 Å². The van der Waals surface area contributed by atoms with E-state index in [1.807, 2.05) is 42.5 Å². The standard InChI is InChI=1S/C27H24N2O5/c1-2-34-18-13-14-22(24(15-18)29(32)33)28-23-11-6-12-25(30)27(23)21(16-26(28)31)20-10-5-8-17-7-3-4-9-19(17)20/h3-5,7-10,13-15,21H,2,6,11-12,16H2,1H3. The van der Waals surface area contributed by atoms with Gasteiger partial charge in [0.1, 0.15) is 11.4 Å². The van der Waals surface area contributed by atoms with E-state index < -0.39 is 4.92 Å². The van der Waals surface area contributed by atoms with Crippen molar-refractivity contribution in [2.75, 3.05) is 11.5 Å². The highest BCUT2D eigenvalue weighted by Crippen LogP contribution is 2.46. The lowest BCUT2D eigenvalue weighted by molar-refractivity contribution is -0.384. The van der Waals surface area contributed by atoms with Crippen LogP contribution in [0.5, 0.6) is 5.75 Å². The Kier molecular flexibility index (Phi) is 5.61. The average Bonchev–Trinajstić information content (AvgIpc) is 2.84. The van der Waals surface area contributed by atoms with Crippen LogP contribution in [0.1, 0.15) is 44.1 Å². The summed E-state index contributed by atoms with van der Waals surface area (Å²) in [5, 5.41) is 14.0. The van der Waals surface area contributed by atoms with Crippen molar-refractivity contribution < 1.29 is 19.2 Å². The van der Waals surface area contributed by atoms with Gasteiger partial charge in [0, 0.05) is 30.0 Å². The van der Waals surface area contributed by atoms with Gasteiger partial charge in [0.25, 0.3) is 5.69 Å². The number of hydrogen-bond donors (Lipinski definition) is 0. The number of nitro benzene ring substituents is 1. The molecule has 0 saturated heterocycles. The minimum absolute atomic E-state index is 0.00488. The summed E-state index contributed by atoms with van der Waals surface area (Å²) in [5.74, 6) is -0.256. The predicted molar refractivity (Wildman–Crippen MR) is 129 cm³/mol. The van der Waals surface area contributed by atoms with Crippen LogP contribution in [0.4, 0.5) is 11.4 Å². The molecular formula is C27H24N2O5. The normalized spacial score (nSPS) is 18.3. The summed E-state index contributed by atoms with van der Waals surface area (Å²) in [4.78, 5) is 39.6. The van der Waals surface area contributed by atoms with E-state index >= 15 is 0 Å². The Morgan fingerprint density at radius 1 is 1.06 bits per heavy atom. The van der Waals surface area contributed by atoms with Crippen LogP contribution in [0.3, 0.4) is 0 Å². The summed E-state index contributed by atoms with van der Waals surface area (Å²) in [5.41, 5.74) is 2.09. The van der Waals surface area contributed by atoms with Gasteiger partial charge in [-0.3, -0.25) is 24.6 Å². The number of fused-ring (bicyclic) bond motifs is 1. The number of carbonyl (C=O) groups is 2. The maximum Gasteiger partial charge on any atom is 0.297 e. The molecule has 0 radical (unpaired) electrons. The molecule has 7 nitrogen and oxygen atoms in total. The van der Waals surface area contributed by atoms with E-state index in [4.69, 9.17) is 4.74 Å². The van der Waals surface area contributed by atoms with E-state index in [0.717, 1.165) is 16.3 Å². The van der Waals surface area contributed by atoms with Crippen LogP contribution in [0, 0.1) is 10.1 Å². The molecule has 5 rings (SSSR count). The largest absolute Gasteiger partial charge is 0.494 e. The lowest BCUT2D eigenvalue weighted by atomic mass is 9.76. The molecule has 0 fully saturated rings. The van der Waals surface area contributed by atoms with Crippen LogP contribution in [-0.4, -0.2) is 23.2 Å². The number of amides is 1. The van der Waals surface area contributed by atoms with Gasteiger partial charge in [-0.1, -0.05) is 42.5 Å². The Hall–Kier alpha value is -4.00. The maximum atomic E-state index is 13.6. The van der Waals surface area contributed by atoms with Gasteiger partial charge in [-0.05, 0) is 48.2 Å². The first-order valence-electron chi connectivity index (χ1n) is 11.5. The van der Waals surface area contributed by atoms with Gasteiger partial charge in [-0.25, -0.2) is 0 Å². The number of nitrogens with zero attached hydrogens (tertiary/aromatic N) is 2. The lowest BCUT2D eigenvalue weighted by Crippen LogP contribution is -2.40. The SMILES string of the molecule is CCOc1ccc(N2C(=O)CC(c3cccc4ccccc34)C3=C2CCCC3=O)c([N+](=O)[O-])c1. The molecule has 0 N–H and O–H groups in total. The molecular weight excluding hydrogens is 432 g/mol. The van der Waals surface area contributed by atoms with Crippen molar-refractivity contribution in [3.8, 4) is 5.75 Å². The molecule has 1 atom stereocenters. The van der Waals surface area contributed by atoms with Crippen molar-refractivity contribution in [1.82, 2.24) is 0 Å². The minimum Gasteiger partial charge on any atom is -0.494 e. The smallest absolute Gasteiger partial charge is 0.297 e. The first-order valence-corrected chi connectivity index (χ1v) is 11.5. The Labute approximate surface area is 196 Å². The van der Waals surface area contributed by atoms with E-state index in [0.29, 0.717) is 42.9 Å². The zero-order chi connectivity index (χ0) is 23.8. The molecule has 1 aliphatic heterocycles. The van der Waals surface area contributed by atoms with E-state index in [2.05, 4.69) is 0 Å². The fourth-order valence-corrected chi connectivity index (χ4v) is 5.19. The van der Waals surface area contributed by atoms with Gasteiger partial charge < -0.3 is 4.74 Å². The second kappa shape index (κ2) is 8.74.